The Morgan fingerprint density at radius 1 is 1.43 bits per heavy atom. The van der Waals surface area contributed by atoms with Crippen molar-refractivity contribution in [3.05, 3.63) is 35.4 Å². The number of carbonyl (C=O) groups is 1. The Labute approximate surface area is 84.8 Å². The van der Waals surface area contributed by atoms with Gasteiger partial charge in [-0.05, 0) is 12.5 Å². The quantitative estimate of drug-likeness (QED) is 0.581. The van der Waals surface area contributed by atoms with Crippen LogP contribution >= 0.6 is 0 Å². The van der Waals surface area contributed by atoms with Crippen molar-refractivity contribution in [1.29, 1.82) is 0 Å². The topological polar surface area (TPSA) is 66.4 Å². The Balaban J connectivity index is 2.64. The summed E-state index contributed by atoms with van der Waals surface area (Å²) in [6.07, 6.45) is 0. The zero-order chi connectivity index (χ0) is 10.6. The van der Waals surface area contributed by atoms with Crippen LogP contribution in [0.3, 0.4) is 0 Å². The number of ketones is 1. The lowest BCUT2D eigenvalue weighted by molar-refractivity contribution is 0.101. The molecule has 1 aromatic carbocycles. The molecular formula is C9H11NO3S. The molecule has 0 aliphatic heterocycles. The van der Waals surface area contributed by atoms with Gasteiger partial charge in [0.1, 0.15) is 0 Å². The van der Waals surface area contributed by atoms with Crippen molar-refractivity contribution in [2.75, 3.05) is 0 Å². The second kappa shape index (κ2) is 4.99. The number of nitrogens with one attached hydrogen (secondary N) is 1. The smallest absolute Gasteiger partial charge is 0.232 e. The summed E-state index contributed by atoms with van der Waals surface area (Å²) in [4.78, 5) is 10.9. The van der Waals surface area contributed by atoms with Gasteiger partial charge in [0.25, 0.3) is 0 Å². The third-order valence-electron chi connectivity index (χ3n) is 1.76. The van der Waals surface area contributed by atoms with Crippen LogP contribution in [-0.2, 0) is 17.8 Å². The molecule has 0 radical (unpaired) electrons. The van der Waals surface area contributed by atoms with Gasteiger partial charge in [0, 0.05) is 12.1 Å². The molecule has 76 valence electrons. The lowest BCUT2D eigenvalue weighted by Gasteiger charge is -2.01. The largest absolute Gasteiger partial charge is 0.295 e. The summed E-state index contributed by atoms with van der Waals surface area (Å²) in [5.74, 6) is 0.00948. The Kier molecular flexibility index (Phi) is 3.94. The first-order valence-electron chi connectivity index (χ1n) is 4.04. The van der Waals surface area contributed by atoms with E-state index in [0.29, 0.717) is 12.1 Å². The second-order valence-corrected chi connectivity index (χ2v) is 3.61. The first-order valence-corrected chi connectivity index (χ1v) is 5.14. The van der Waals surface area contributed by atoms with Gasteiger partial charge in [-0.15, -0.1) is 0 Å². The minimum atomic E-state index is -2.00. The average Bonchev–Trinajstić information content (AvgIpc) is 2.15. The van der Waals surface area contributed by atoms with E-state index in [1.807, 2.05) is 0 Å². The first kappa shape index (κ1) is 11.0. The molecule has 0 aliphatic rings. The Bertz CT molecular complexity index is 348. The second-order valence-electron chi connectivity index (χ2n) is 2.82. The van der Waals surface area contributed by atoms with Crippen molar-refractivity contribution < 1.29 is 13.6 Å². The Hall–Kier alpha value is -1.04. The summed E-state index contributed by atoms with van der Waals surface area (Å²) in [5, 5.41) is 0. The summed E-state index contributed by atoms with van der Waals surface area (Å²) >= 11 is -2.00. The van der Waals surface area contributed by atoms with Crippen molar-refractivity contribution in [2.45, 2.75) is 13.5 Å². The molecule has 0 spiro atoms. The molecule has 5 heteroatoms. The van der Waals surface area contributed by atoms with Crippen molar-refractivity contribution in [2.24, 2.45) is 0 Å². The summed E-state index contributed by atoms with van der Waals surface area (Å²) < 4.78 is 21.1. The van der Waals surface area contributed by atoms with E-state index in [-0.39, 0.29) is 5.78 Å². The highest BCUT2D eigenvalue weighted by Crippen LogP contribution is 2.04. The van der Waals surface area contributed by atoms with Crippen LogP contribution < -0.4 is 4.72 Å². The Morgan fingerprint density at radius 2 is 2.00 bits per heavy atom. The molecule has 0 aromatic heterocycles. The van der Waals surface area contributed by atoms with Crippen LogP contribution in [0.4, 0.5) is 0 Å². The number of hydrogen-bond donors (Lipinski definition) is 2. The first-order chi connectivity index (χ1) is 6.59. The number of rotatable bonds is 4. The van der Waals surface area contributed by atoms with Gasteiger partial charge in [-0.25, -0.2) is 8.93 Å². The van der Waals surface area contributed by atoms with Crippen LogP contribution in [0, 0.1) is 0 Å². The maximum Gasteiger partial charge on any atom is 0.232 e. The Morgan fingerprint density at radius 3 is 2.43 bits per heavy atom. The van der Waals surface area contributed by atoms with Gasteiger partial charge in [0.15, 0.2) is 5.78 Å². The molecule has 0 saturated carbocycles. The highest BCUT2D eigenvalue weighted by molar-refractivity contribution is 7.77. The predicted molar refractivity (Wildman–Crippen MR) is 54.1 cm³/mol. The molecule has 1 unspecified atom stereocenters. The van der Waals surface area contributed by atoms with Gasteiger partial charge in [-0.3, -0.25) is 9.35 Å². The van der Waals surface area contributed by atoms with E-state index >= 15 is 0 Å². The van der Waals surface area contributed by atoms with Gasteiger partial charge in [0.2, 0.25) is 11.3 Å². The SMILES string of the molecule is CC(=O)c1ccc(CNS(=O)O)cc1. The number of carbonyl (C=O) groups excluding carboxylic acids is 1. The zero-order valence-electron chi connectivity index (χ0n) is 7.69. The van der Waals surface area contributed by atoms with E-state index in [4.69, 9.17) is 4.55 Å². The van der Waals surface area contributed by atoms with E-state index < -0.39 is 11.3 Å². The van der Waals surface area contributed by atoms with E-state index in [1.165, 1.54) is 6.92 Å². The molecule has 1 aromatic rings. The molecule has 0 fully saturated rings. The lowest BCUT2D eigenvalue weighted by atomic mass is 10.1. The molecule has 2 N–H and O–H groups in total. The van der Waals surface area contributed by atoms with Crippen molar-refractivity contribution >= 4 is 17.0 Å². The highest BCUT2D eigenvalue weighted by Gasteiger charge is 1.99. The maximum atomic E-state index is 10.9. The van der Waals surface area contributed by atoms with E-state index in [1.54, 1.807) is 24.3 Å². The maximum absolute atomic E-state index is 10.9. The summed E-state index contributed by atoms with van der Waals surface area (Å²) in [7, 11) is 0. The summed E-state index contributed by atoms with van der Waals surface area (Å²) in [5.41, 5.74) is 1.50. The molecule has 14 heavy (non-hydrogen) atoms. The molecule has 0 aliphatic carbocycles. The molecule has 1 rings (SSSR count). The molecule has 4 nitrogen and oxygen atoms in total. The fourth-order valence-corrected chi connectivity index (χ4v) is 1.29. The highest BCUT2D eigenvalue weighted by atomic mass is 32.2. The molecule has 0 bridgehead atoms. The number of hydrogen-bond acceptors (Lipinski definition) is 2. The third-order valence-corrected chi connectivity index (χ3v) is 2.15. The lowest BCUT2D eigenvalue weighted by Crippen LogP contribution is -2.15. The van der Waals surface area contributed by atoms with Crippen LogP contribution in [0.25, 0.3) is 0 Å². The van der Waals surface area contributed by atoms with Crippen LogP contribution in [0.15, 0.2) is 24.3 Å². The molecule has 1 atom stereocenters. The molecule has 0 amide bonds. The third kappa shape index (κ3) is 3.37. The van der Waals surface area contributed by atoms with Crippen LogP contribution in [0.1, 0.15) is 22.8 Å². The standard InChI is InChI=1S/C9H11NO3S/c1-7(11)9-4-2-8(3-5-9)6-10-14(12)13/h2-5,10H,6H2,1H3,(H,12,13). The average molecular weight is 213 g/mol. The summed E-state index contributed by atoms with van der Waals surface area (Å²) in [6.45, 7) is 1.80. The molecule has 0 saturated heterocycles. The number of benzene rings is 1. The van der Waals surface area contributed by atoms with Crippen molar-refractivity contribution in [1.82, 2.24) is 4.72 Å². The summed E-state index contributed by atoms with van der Waals surface area (Å²) in [6, 6.07) is 6.88. The van der Waals surface area contributed by atoms with Crippen LogP contribution in [-0.4, -0.2) is 14.5 Å². The number of Topliss-reactive ketones (excluding diaryl/α,β-unsaturated/α-hetero) is 1. The predicted octanol–water partition coefficient (Wildman–Crippen LogP) is 1.12. The minimum absolute atomic E-state index is 0.00948. The fourth-order valence-electron chi connectivity index (χ4n) is 1.00. The molecular weight excluding hydrogens is 202 g/mol. The van der Waals surface area contributed by atoms with E-state index in [0.717, 1.165) is 5.56 Å². The fraction of sp³-hybridized carbons (Fsp3) is 0.222. The van der Waals surface area contributed by atoms with E-state index in [9.17, 15) is 9.00 Å². The monoisotopic (exact) mass is 213 g/mol. The van der Waals surface area contributed by atoms with Crippen molar-refractivity contribution in [3.8, 4) is 0 Å². The zero-order valence-corrected chi connectivity index (χ0v) is 8.50. The van der Waals surface area contributed by atoms with Gasteiger partial charge < -0.3 is 0 Å². The van der Waals surface area contributed by atoms with Gasteiger partial charge >= 0.3 is 0 Å². The van der Waals surface area contributed by atoms with E-state index in [2.05, 4.69) is 4.72 Å². The van der Waals surface area contributed by atoms with Crippen molar-refractivity contribution in [3.63, 3.8) is 0 Å². The van der Waals surface area contributed by atoms with Gasteiger partial charge in [-0.1, -0.05) is 24.3 Å². The van der Waals surface area contributed by atoms with Crippen LogP contribution in [0.2, 0.25) is 0 Å². The van der Waals surface area contributed by atoms with Gasteiger partial charge in [0.05, 0.1) is 0 Å². The minimum Gasteiger partial charge on any atom is -0.295 e. The van der Waals surface area contributed by atoms with Gasteiger partial charge in [-0.2, -0.15) is 0 Å². The van der Waals surface area contributed by atoms with Crippen LogP contribution in [0.5, 0.6) is 0 Å². The normalized spacial score (nSPS) is 12.4. The molecule has 0 heterocycles.